The summed E-state index contributed by atoms with van der Waals surface area (Å²) in [7, 11) is 0. The fourth-order valence-corrected chi connectivity index (χ4v) is 5.44. The first kappa shape index (κ1) is 26.6. The fraction of sp³-hybridized carbons (Fsp3) is 0.406. The topological polar surface area (TPSA) is 47.6 Å². The number of carbonyl (C=O) groups excluding carboxylic acids is 1. The summed E-state index contributed by atoms with van der Waals surface area (Å²) in [6.45, 7) is 16.6. The average Bonchev–Trinajstić information content (AvgIpc) is 3.08. The number of nitrogens with zero attached hydrogens (tertiary/aromatic N) is 2. The number of fused-ring (bicyclic) bond motifs is 1. The molecule has 2 fully saturated rings. The van der Waals surface area contributed by atoms with E-state index in [9.17, 15) is 4.79 Å². The zero-order valence-corrected chi connectivity index (χ0v) is 22.9. The highest BCUT2D eigenvalue weighted by Gasteiger charge is 2.40. The Kier molecular flexibility index (Phi) is 8.75. The molecule has 5 nitrogen and oxygen atoms in total. The van der Waals surface area contributed by atoms with Gasteiger partial charge in [-0.25, -0.2) is 0 Å². The SMILES string of the molecule is C=CCC/C=C(\C)N1CCCN(c2ccc(NC(=C(C)C)C3C(=O)NC4=CC=CC=CC43)c(C)c2)CC1. The van der Waals surface area contributed by atoms with Crippen molar-refractivity contribution in [1.29, 1.82) is 0 Å². The molecule has 37 heavy (non-hydrogen) atoms. The predicted octanol–water partition coefficient (Wildman–Crippen LogP) is 6.46. The molecule has 1 aromatic rings. The number of allylic oxidation sites excluding steroid dienone is 9. The van der Waals surface area contributed by atoms with Crippen LogP contribution in [0.15, 0.2) is 90.0 Å². The molecule has 1 aromatic carbocycles. The van der Waals surface area contributed by atoms with Crippen molar-refractivity contribution in [3.63, 3.8) is 0 Å². The third-order valence-electron chi connectivity index (χ3n) is 7.58. The summed E-state index contributed by atoms with van der Waals surface area (Å²) in [5, 5.41) is 6.75. The van der Waals surface area contributed by atoms with Crippen molar-refractivity contribution in [2.24, 2.45) is 11.8 Å². The van der Waals surface area contributed by atoms with Crippen molar-refractivity contribution < 1.29 is 4.79 Å². The van der Waals surface area contributed by atoms with E-state index in [1.165, 1.54) is 16.9 Å². The molecule has 2 N–H and O–H groups in total. The molecule has 1 aliphatic carbocycles. The van der Waals surface area contributed by atoms with E-state index >= 15 is 0 Å². The van der Waals surface area contributed by atoms with Gasteiger partial charge in [-0.1, -0.05) is 42.0 Å². The highest BCUT2D eigenvalue weighted by Crippen LogP contribution is 2.37. The molecule has 5 heteroatoms. The van der Waals surface area contributed by atoms with Crippen molar-refractivity contribution in [3.8, 4) is 0 Å². The molecule has 0 bridgehead atoms. The second-order valence-corrected chi connectivity index (χ2v) is 10.5. The zero-order valence-electron chi connectivity index (χ0n) is 22.9. The number of aryl methyl sites for hydroxylation is 1. The fourth-order valence-electron chi connectivity index (χ4n) is 5.44. The van der Waals surface area contributed by atoms with E-state index < -0.39 is 0 Å². The van der Waals surface area contributed by atoms with E-state index in [4.69, 9.17) is 0 Å². The van der Waals surface area contributed by atoms with E-state index in [0.717, 1.165) is 68.1 Å². The van der Waals surface area contributed by atoms with Crippen LogP contribution in [0.2, 0.25) is 0 Å². The molecule has 0 saturated carbocycles. The first-order chi connectivity index (χ1) is 17.9. The number of unbranched alkanes of at least 4 members (excludes halogenated alkanes) is 1. The minimum Gasteiger partial charge on any atom is -0.373 e. The van der Waals surface area contributed by atoms with E-state index in [2.05, 4.69) is 85.1 Å². The molecule has 3 aliphatic rings. The lowest BCUT2D eigenvalue weighted by molar-refractivity contribution is -0.121. The Bertz CT molecular complexity index is 1170. The maximum atomic E-state index is 13.0. The molecule has 4 rings (SSSR count). The smallest absolute Gasteiger partial charge is 0.234 e. The van der Waals surface area contributed by atoms with Crippen molar-refractivity contribution in [1.82, 2.24) is 10.2 Å². The van der Waals surface area contributed by atoms with Gasteiger partial charge in [-0.15, -0.1) is 6.58 Å². The molecule has 2 saturated heterocycles. The molecule has 196 valence electrons. The number of amides is 1. The van der Waals surface area contributed by atoms with Crippen LogP contribution in [0.1, 0.15) is 45.6 Å². The number of hydrogen-bond acceptors (Lipinski definition) is 4. The van der Waals surface area contributed by atoms with Crippen LogP contribution in [0, 0.1) is 18.8 Å². The quantitative estimate of drug-likeness (QED) is 0.319. The average molecular weight is 499 g/mol. The molecule has 2 unspecified atom stereocenters. The molecule has 0 aromatic heterocycles. The Morgan fingerprint density at radius 1 is 1.11 bits per heavy atom. The molecule has 1 amide bonds. The minimum atomic E-state index is -0.258. The zero-order chi connectivity index (χ0) is 26.4. The van der Waals surface area contributed by atoms with Crippen molar-refractivity contribution in [2.45, 2.75) is 47.0 Å². The Labute approximate surface area is 223 Å². The summed E-state index contributed by atoms with van der Waals surface area (Å²) < 4.78 is 0. The van der Waals surface area contributed by atoms with Crippen molar-refractivity contribution in [3.05, 3.63) is 95.5 Å². The van der Waals surface area contributed by atoms with Gasteiger partial charge in [-0.3, -0.25) is 4.79 Å². The summed E-state index contributed by atoms with van der Waals surface area (Å²) in [5.74, 6) is -0.184. The van der Waals surface area contributed by atoms with Gasteiger partial charge in [0.15, 0.2) is 0 Å². The number of anilines is 2. The van der Waals surface area contributed by atoms with Gasteiger partial charge >= 0.3 is 0 Å². The molecular weight excluding hydrogens is 456 g/mol. The maximum Gasteiger partial charge on any atom is 0.234 e. The second kappa shape index (κ2) is 12.2. The van der Waals surface area contributed by atoms with Gasteiger partial charge in [0.25, 0.3) is 0 Å². The summed E-state index contributed by atoms with van der Waals surface area (Å²) in [6.07, 6.45) is 17.7. The normalized spacial score (nSPS) is 21.6. The van der Waals surface area contributed by atoms with E-state index in [0.29, 0.717) is 0 Å². The summed E-state index contributed by atoms with van der Waals surface area (Å²) >= 11 is 0. The van der Waals surface area contributed by atoms with Gasteiger partial charge in [-0.2, -0.15) is 0 Å². The number of carbonyl (C=O) groups is 1. The number of nitrogens with one attached hydrogen (secondary N) is 2. The van der Waals surface area contributed by atoms with Crippen LogP contribution in [-0.2, 0) is 4.79 Å². The second-order valence-electron chi connectivity index (χ2n) is 10.5. The molecule has 0 radical (unpaired) electrons. The van der Waals surface area contributed by atoms with Crippen molar-refractivity contribution >= 4 is 17.3 Å². The molecule has 2 heterocycles. The number of hydrogen-bond donors (Lipinski definition) is 2. The summed E-state index contributed by atoms with van der Waals surface area (Å²) in [6, 6.07) is 6.67. The van der Waals surface area contributed by atoms with Crippen LogP contribution in [0.4, 0.5) is 11.4 Å². The van der Waals surface area contributed by atoms with Crippen molar-refractivity contribution in [2.75, 3.05) is 36.4 Å². The first-order valence-electron chi connectivity index (χ1n) is 13.6. The Hall–Kier alpha value is -3.47. The molecule has 2 atom stereocenters. The van der Waals surface area contributed by atoms with E-state index in [1.807, 2.05) is 30.4 Å². The van der Waals surface area contributed by atoms with Crippen LogP contribution < -0.4 is 15.5 Å². The van der Waals surface area contributed by atoms with Crippen LogP contribution in [0.3, 0.4) is 0 Å². The summed E-state index contributed by atoms with van der Waals surface area (Å²) in [5.41, 5.74) is 7.95. The lowest BCUT2D eigenvalue weighted by atomic mass is 9.88. The van der Waals surface area contributed by atoms with Gasteiger partial charge in [0.2, 0.25) is 5.91 Å². The Morgan fingerprint density at radius 3 is 2.70 bits per heavy atom. The van der Waals surface area contributed by atoms with Crippen LogP contribution in [0.5, 0.6) is 0 Å². The monoisotopic (exact) mass is 498 g/mol. The van der Waals surface area contributed by atoms with Gasteiger partial charge in [-0.05, 0) is 76.8 Å². The molecule has 2 aliphatic heterocycles. The standard InChI is InChI=1S/C32H42N4O/c1-6-7-9-13-25(5)35-18-12-19-36(21-20-35)26-16-17-28(24(4)22-26)33-31(23(2)3)30-27-14-10-8-11-15-29(27)34-32(30)37/h6,8,10-11,13-17,22,27,30,33H,1,7,9,12,18-21H2,2-5H3,(H,34,37)/b25-13+. The van der Waals surface area contributed by atoms with E-state index in [-0.39, 0.29) is 17.7 Å². The molecular formula is C32H42N4O. The van der Waals surface area contributed by atoms with Crippen LogP contribution in [-0.4, -0.2) is 37.0 Å². The van der Waals surface area contributed by atoms with Gasteiger partial charge in [0, 0.05) is 60.6 Å². The maximum absolute atomic E-state index is 13.0. The lowest BCUT2D eigenvalue weighted by Crippen LogP contribution is -2.30. The Balaban J connectivity index is 1.47. The minimum absolute atomic E-state index is 0.0220. The van der Waals surface area contributed by atoms with E-state index in [1.54, 1.807) is 0 Å². The summed E-state index contributed by atoms with van der Waals surface area (Å²) in [4.78, 5) is 18.0. The Morgan fingerprint density at radius 2 is 1.95 bits per heavy atom. The van der Waals surface area contributed by atoms with Crippen LogP contribution >= 0.6 is 0 Å². The molecule has 0 spiro atoms. The predicted molar refractivity (Wildman–Crippen MR) is 156 cm³/mol. The largest absolute Gasteiger partial charge is 0.373 e. The lowest BCUT2D eigenvalue weighted by Gasteiger charge is -2.26. The highest BCUT2D eigenvalue weighted by atomic mass is 16.2. The number of benzene rings is 1. The van der Waals surface area contributed by atoms with Gasteiger partial charge in [0.05, 0.1) is 5.92 Å². The highest BCUT2D eigenvalue weighted by molar-refractivity contribution is 5.89. The third-order valence-corrected chi connectivity index (χ3v) is 7.58. The van der Waals surface area contributed by atoms with Crippen LogP contribution in [0.25, 0.3) is 0 Å². The third kappa shape index (κ3) is 6.27. The number of rotatable bonds is 8. The van der Waals surface area contributed by atoms with Gasteiger partial charge in [0.1, 0.15) is 0 Å². The first-order valence-corrected chi connectivity index (χ1v) is 13.6. The van der Waals surface area contributed by atoms with Gasteiger partial charge < -0.3 is 20.4 Å².